The van der Waals surface area contributed by atoms with Crippen LogP contribution >= 0.6 is 0 Å². The fraction of sp³-hybridized carbons (Fsp3) is 0.958. The lowest BCUT2D eigenvalue weighted by Crippen LogP contribution is -2.62. The monoisotopic (exact) mass is 408 g/mol. The third-order valence-corrected chi connectivity index (χ3v) is 10.2. The van der Waals surface area contributed by atoms with Gasteiger partial charge in [-0.2, -0.15) is 0 Å². The molecule has 166 valence electrons. The van der Waals surface area contributed by atoms with E-state index in [-0.39, 0.29) is 46.8 Å². The first-order valence-electron chi connectivity index (χ1n) is 11.7. The van der Waals surface area contributed by atoms with E-state index in [4.69, 9.17) is 4.74 Å². The summed E-state index contributed by atoms with van der Waals surface area (Å²) >= 11 is 0. The number of hydrogen-bond acceptors (Lipinski definition) is 5. The van der Waals surface area contributed by atoms with Crippen LogP contribution < -0.4 is 0 Å². The van der Waals surface area contributed by atoms with Gasteiger partial charge in [-0.05, 0) is 91.3 Å². The van der Waals surface area contributed by atoms with Gasteiger partial charge in [0.25, 0.3) is 0 Å². The molecule has 4 fully saturated rings. The number of methoxy groups -OCH3 is 1. The van der Waals surface area contributed by atoms with Crippen LogP contribution in [0.4, 0.5) is 0 Å². The van der Waals surface area contributed by atoms with Crippen molar-refractivity contribution in [3.05, 3.63) is 0 Å². The average Bonchev–Trinajstić information content (AvgIpc) is 3.02. The lowest BCUT2D eigenvalue weighted by atomic mass is 9.43. The molecule has 4 rings (SSSR count). The molecule has 0 unspecified atom stereocenters. The molecule has 4 aliphatic rings. The maximum Gasteiger partial charge on any atom is 0.305 e. The predicted octanol–water partition coefficient (Wildman–Crippen LogP) is 3.15. The van der Waals surface area contributed by atoms with Gasteiger partial charge in [-0.25, -0.2) is 0 Å². The van der Waals surface area contributed by atoms with Crippen molar-refractivity contribution in [1.82, 2.24) is 0 Å². The summed E-state index contributed by atoms with van der Waals surface area (Å²) in [7, 11) is 1.44. The molecule has 0 radical (unpaired) electrons. The predicted molar refractivity (Wildman–Crippen MR) is 110 cm³/mol. The Balaban J connectivity index is 1.62. The van der Waals surface area contributed by atoms with Crippen molar-refractivity contribution in [2.75, 3.05) is 7.11 Å². The number of ether oxygens (including phenoxy) is 1. The Morgan fingerprint density at radius 2 is 1.79 bits per heavy atom. The molecule has 0 aromatic carbocycles. The zero-order valence-electron chi connectivity index (χ0n) is 18.5. The Hall–Kier alpha value is -0.650. The summed E-state index contributed by atoms with van der Waals surface area (Å²) in [6.45, 7) is 6.69. The fourth-order valence-electron chi connectivity index (χ4n) is 8.62. The van der Waals surface area contributed by atoms with Gasteiger partial charge in [0.2, 0.25) is 0 Å². The zero-order valence-corrected chi connectivity index (χ0v) is 18.5. The molecule has 5 nitrogen and oxygen atoms in total. The second-order valence-electron chi connectivity index (χ2n) is 11.3. The molecule has 0 amide bonds. The van der Waals surface area contributed by atoms with Crippen LogP contribution in [0, 0.1) is 46.3 Å². The van der Waals surface area contributed by atoms with Crippen molar-refractivity contribution in [2.45, 2.75) is 90.4 Å². The number of hydrogen-bond donors (Lipinski definition) is 3. The number of aliphatic hydroxyl groups is 3. The Bertz CT molecular complexity index is 637. The molecule has 0 heterocycles. The zero-order chi connectivity index (χ0) is 21.1. The minimum Gasteiger partial charge on any atom is -0.469 e. The van der Waals surface area contributed by atoms with Gasteiger partial charge in [0.05, 0.1) is 25.4 Å². The highest BCUT2D eigenvalue weighted by Gasteiger charge is 2.65. The smallest absolute Gasteiger partial charge is 0.305 e. The lowest BCUT2D eigenvalue weighted by molar-refractivity contribution is -0.207. The molecule has 0 aromatic rings. The Kier molecular flexibility index (Phi) is 5.57. The van der Waals surface area contributed by atoms with Crippen molar-refractivity contribution < 1.29 is 24.9 Å². The first kappa shape index (κ1) is 21.6. The summed E-state index contributed by atoms with van der Waals surface area (Å²) in [4.78, 5) is 11.9. The first-order chi connectivity index (χ1) is 13.6. The van der Waals surface area contributed by atoms with Crippen LogP contribution in [-0.2, 0) is 9.53 Å². The minimum atomic E-state index is -0.407. The van der Waals surface area contributed by atoms with E-state index >= 15 is 0 Å². The molecule has 0 bridgehead atoms. The number of aliphatic hydroxyl groups excluding tert-OH is 3. The minimum absolute atomic E-state index is 0.0984. The van der Waals surface area contributed by atoms with Gasteiger partial charge in [0, 0.05) is 6.42 Å². The molecule has 0 aromatic heterocycles. The van der Waals surface area contributed by atoms with Crippen molar-refractivity contribution >= 4 is 5.97 Å². The second-order valence-corrected chi connectivity index (χ2v) is 11.3. The number of carbonyl (C=O) groups excluding carboxylic acids is 1. The van der Waals surface area contributed by atoms with Gasteiger partial charge >= 0.3 is 5.97 Å². The summed E-state index contributed by atoms with van der Waals surface area (Å²) in [6.07, 6.45) is 5.54. The first-order valence-corrected chi connectivity index (χ1v) is 11.7. The Morgan fingerprint density at radius 3 is 2.48 bits per heavy atom. The van der Waals surface area contributed by atoms with Gasteiger partial charge in [0.1, 0.15) is 0 Å². The van der Waals surface area contributed by atoms with E-state index in [9.17, 15) is 20.1 Å². The van der Waals surface area contributed by atoms with E-state index in [0.717, 1.165) is 44.9 Å². The van der Waals surface area contributed by atoms with Crippen LogP contribution in [0.3, 0.4) is 0 Å². The standard InChI is InChI=1S/C24H40O5/c1-13(9-21(28)29-4)16-5-6-17-22-18(12-20(27)24(16,17)3)23(2)8-7-15(25)10-14(23)11-19(22)26/h13-20,22,25-27H,5-12H2,1-4H3/t13-,14+,15-,16-,17+,18+,19+,20+,22+,23-,24+/m0/s1. The summed E-state index contributed by atoms with van der Waals surface area (Å²) in [5, 5.41) is 33.0. The van der Waals surface area contributed by atoms with Gasteiger partial charge in [-0.3, -0.25) is 4.79 Å². The topological polar surface area (TPSA) is 87.0 Å². The van der Waals surface area contributed by atoms with Crippen LogP contribution in [-0.4, -0.2) is 46.7 Å². The Morgan fingerprint density at radius 1 is 1.07 bits per heavy atom. The molecule has 3 N–H and O–H groups in total. The van der Waals surface area contributed by atoms with Crippen molar-refractivity contribution in [3.8, 4) is 0 Å². The maximum absolute atomic E-state index is 11.9. The highest BCUT2D eigenvalue weighted by molar-refractivity contribution is 5.69. The highest BCUT2D eigenvalue weighted by atomic mass is 16.5. The van der Waals surface area contributed by atoms with Crippen LogP contribution in [0.25, 0.3) is 0 Å². The molecule has 4 aliphatic carbocycles. The van der Waals surface area contributed by atoms with Crippen LogP contribution in [0.1, 0.15) is 72.1 Å². The number of esters is 1. The highest BCUT2D eigenvalue weighted by Crippen LogP contribution is 2.68. The summed E-state index contributed by atoms with van der Waals surface area (Å²) < 4.78 is 4.90. The fourth-order valence-corrected chi connectivity index (χ4v) is 8.62. The van der Waals surface area contributed by atoms with Crippen LogP contribution in [0.15, 0.2) is 0 Å². The van der Waals surface area contributed by atoms with E-state index in [2.05, 4.69) is 20.8 Å². The van der Waals surface area contributed by atoms with Gasteiger partial charge in [-0.15, -0.1) is 0 Å². The van der Waals surface area contributed by atoms with Crippen molar-refractivity contribution in [2.24, 2.45) is 46.3 Å². The molecular weight excluding hydrogens is 368 g/mol. The normalized spacial score (nSPS) is 52.8. The van der Waals surface area contributed by atoms with Crippen molar-refractivity contribution in [3.63, 3.8) is 0 Å². The number of carbonyl (C=O) groups is 1. The van der Waals surface area contributed by atoms with Gasteiger partial charge in [0.15, 0.2) is 0 Å². The van der Waals surface area contributed by atoms with Gasteiger partial charge in [-0.1, -0.05) is 20.8 Å². The SMILES string of the molecule is COC(=O)C[C@H](C)[C@@H]1CC[C@@H]2[C@H]3[C@H](O)C[C@H]4C[C@@H](O)CC[C@]4(C)[C@@H]3C[C@@H](O)[C@@]21C. The summed E-state index contributed by atoms with van der Waals surface area (Å²) in [6, 6.07) is 0. The van der Waals surface area contributed by atoms with Crippen LogP contribution in [0.5, 0.6) is 0 Å². The summed E-state index contributed by atoms with van der Waals surface area (Å²) in [5.41, 5.74) is -0.159. The van der Waals surface area contributed by atoms with E-state index in [1.165, 1.54) is 7.11 Å². The average molecular weight is 409 g/mol. The lowest BCUT2D eigenvalue weighted by Gasteiger charge is -2.63. The van der Waals surface area contributed by atoms with E-state index in [1.54, 1.807) is 0 Å². The molecule has 29 heavy (non-hydrogen) atoms. The molecule has 4 saturated carbocycles. The molecule has 0 saturated heterocycles. The number of fused-ring (bicyclic) bond motifs is 5. The molecule has 0 aliphatic heterocycles. The third kappa shape index (κ3) is 3.18. The van der Waals surface area contributed by atoms with Crippen molar-refractivity contribution in [1.29, 1.82) is 0 Å². The third-order valence-electron chi connectivity index (χ3n) is 10.2. The molecule has 11 atom stereocenters. The quantitative estimate of drug-likeness (QED) is 0.625. The van der Waals surface area contributed by atoms with E-state index in [1.807, 2.05) is 0 Å². The largest absolute Gasteiger partial charge is 0.469 e. The molecule has 5 heteroatoms. The van der Waals surface area contributed by atoms with Gasteiger partial charge < -0.3 is 20.1 Å². The maximum atomic E-state index is 11.9. The number of rotatable bonds is 3. The molecule has 0 spiro atoms. The second kappa shape index (κ2) is 7.49. The van der Waals surface area contributed by atoms with Crippen LogP contribution in [0.2, 0.25) is 0 Å². The van der Waals surface area contributed by atoms with E-state index in [0.29, 0.717) is 24.2 Å². The molecular formula is C24H40O5. The summed E-state index contributed by atoms with van der Waals surface area (Å²) in [5.74, 6) is 1.42. The van der Waals surface area contributed by atoms with E-state index < -0.39 is 6.10 Å². The Labute approximate surface area is 175 Å².